The number of fused-ring (bicyclic) bond motifs is 1. The van der Waals surface area contributed by atoms with E-state index >= 15 is 0 Å². The predicted octanol–water partition coefficient (Wildman–Crippen LogP) is 8.13. The zero-order valence-corrected chi connectivity index (χ0v) is 25.7. The van der Waals surface area contributed by atoms with Gasteiger partial charge in [0.15, 0.2) is 5.41 Å². The maximum absolute atomic E-state index is 13.0. The predicted molar refractivity (Wildman–Crippen MR) is 159 cm³/mol. The molecule has 2 aromatic carbocycles. The number of hydrogen-bond acceptors (Lipinski definition) is 6. The van der Waals surface area contributed by atoms with Crippen LogP contribution in [0.2, 0.25) is 0 Å². The van der Waals surface area contributed by atoms with Crippen LogP contribution in [0.25, 0.3) is 0 Å². The Bertz CT molecular complexity index is 1290. The second kappa shape index (κ2) is 14.9. The van der Waals surface area contributed by atoms with Crippen LogP contribution in [0, 0.1) is 5.41 Å². The molecule has 250 valence electrons. The van der Waals surface area contributed by atoms with E-state index in [1.54, 1.807) is 24.3 Å². The van der Waals surface area contributed by atoms with Crippen molar-refractivity contribution >= 4 is 23.7 Å². The highest BCUT2D eigenvalue weighted by atomic mass is 32.2. The minimum absolute atomic E-state index is 0.0508. The third-order valence-electron chi connectivity index (χ3n) is 8.70. The molecule has 13 heteroatoms. The molecule has 0 amide bonds. The third-order valence-corrected chi connectivity index (χ3v) is 9.85. The van der Waals surface area contributed by atoms with Gasteiger partial charge in [-0.3, -0.25) is 9.59 Å². The zero-order valence-electron chi connectivity index (χ0n) is 24.9. The zero-order chi connectivity index (χ0) is 33.5. The maximum atomic E-state index is 13.0. The lowest BCUT2D eigenvalue weighted by Crippen LogP contribution is -2.41. The van der Waals surface area contributed by atoms with E-state index in [-0.39, 0.29) is 55.5 Å². The maximum Gasteiger partial charge on any atom is 0.453 e. The topological polar surface area (TPSA) is 124 Å². The van der Waals surface area contributed by atoms with Crippen LogP contribution in [0.3, 0.4) is 0 Å². The number of halogens is 5. The Hall–Kier alpha value is -3.22. The number of phenolic OH excluding ortho intramolecular Hbond substituents is 2. The van der Waals surface area contributed by atoms with Crippen molar-refractivity contribution < 1.29 is 56.7 Å². The fourth-order valence-corrected chi connectivity index (χ4v) is 6.86. The first-order valence-corrected chi connectivity index (χ1v) is 15.9. The van der Waals surface area contributed by atoms with Gasteiger partial charge in [0.05, 0.1) is 6.61 Å². The second-order valence-electron chi connectivity index (χ2n) is 11.8. The fraction of sp³-hybridized carbons (Fsp3) is 0.562. The van der Waals surface area contributed by atoms with Gasteiger partial charge in [-0.15, -0.1) is 0 Å². The smallest absolute Gasteiger partial charge is 0.453 e. The summed E-state index contributed by atoms with van der Waals surface area (Å²) in [6.07, 6.45) is -5.49. The number of phenols is 2. The first-order chi connectivity index (χ1) is 21.0. The Balaban J connectivity index is 1.59. The summed E-state index contributed by atoms with van der Waals surface area (Å²) < 4.78 is 68.9. The summed E-state index contributed by atoms with van der Waals surface area (Å²) in [6.45, 7) is 2.31. The van der Waals surface area contributed by atoms with Gasteiger partial charge in [0.25, 0.3) is 0 Å². The molecule has 0 aliphatic carbocycles. The van der Waals surface area contributed by atoms with Crippen LogP contribution < -0.4 is 4.74 Å². The number of unbranched alkanes of at least 4 members (excludes halogenated alkanes) is 2. The molecule has 0 aromatic heterocycles. The highest BCUT2D eigenvalue weighted by Gasteiger charge is 2.56. The fourth-order valence-electron chi connectivity index (χ4n) is 5.90. The second-order valence-corrected chi connectivity index (χ2v) is 13.1. The van der Waals surface area contributed by atoms with E-state index in [0.717, 1.165) is 11.1 Å². The molecular formula is C32H39F5O7S. The van der Waals surface area contributed by atoms with Gasteiger partial charge in [-0.1, -0.05) is 44.4 Å². The molecule has 4 N–H and O–H groups in total. The number of aliphatic carboxylic acids is 2. The summed E-state index contributed by atoms with van der Waals surface area (Å²) in [5, 5.41) is 39.7. The quantitative estimate of drug-likeness (QED) is 0.0761. The molecule has 2 aromatic rings. The van der Waals surface area contributed by atoms with Gasteiger partial charge in [0.1, 0.15) is 17.2 Å². The average molecular weight is 663 g/mol. The van der Waals surface area contributed by atoms with Gasteiger partial charge in [-0.2, -0.15) is 33.7 Å². The van der Waals surface area contributed by atoms with Crippen LogP contribution >= 0.6 is 11.8 Å². The number of hydrogen-bond donors (Lipinski definition) is 4. The standard InChI is InChI=1S/C32H39F5O7S/c1-29(21-8-10-22(38)11-9-21)20-44-26-19-23(39)12-13-24(26)25(29)7-2-3-14-30(27(40)41,28(42)43)15-4-5-17-45-18-6-16-31(33,34)32(35,36)37/h8-13,19,25,38-39H,2-7,14-18,20H2,1H3,(H,40,41)(H,42,43). The molecule has 7 nitrogen and oxygen atoms in total. The number of ether oxygens (including phenoxy) is 1. The van der Waals surface area contributed by atoms with Gasteiger partial charge in [0.2, 0.25) is 0 Å². The minimum Gasteiger partial charge on any atom is -0.508 e. The van der Waals surface area contributed by atoms with Crippen molar-refractivity contribution in [3.8, 4) is 17.2 Å². The van der Waals surface area contributed by atoms with Crippen LogP contribution in [0.5, 0.6) is 17.2 Å². The lowest BCUT2D eigenvalue weighted by Gasteiger charge is -2.43. The largest absolute Gasteiger partial charge is 0.508 e. The molecule has 45 heavy (non-hydrogen) atoms. The number of rotatable bonds is 17. The van der Waals surface area contributed by atoms with Gasteiger partial charge < -0.3 is 25.2 Å². The molecule has 0 spiro atoms. The van der Waals surface area contributed by atoms with Crippen molar-refractivity contribution in [3.05, 3.63) is 53.6 Å². The molecule has 0 fully saturated rings. The van der Waals surface area contributed by atoms with E-state index in [2.05, 4.69) is 0 Å². The number of carboxylic acids is 2. The van der Waals surface area contributed by atoms with Crippen molar-refractivity contribution in [3.63, 3.8) is 0 Å². The number of aromatic hydroxyl groups is 2. The molecule has 2 atom stereocenters. The van der Waals surface area contributed by atoms with E-state index in [4.69, 9.17) is 4.74 Å². The Labute approximate surface area is 262 Å². The van der Waals surface area contributed by atoms with Crippen molar-refractivity contribution in [1.29, 1.82) is 0 Å². The Morgan fingerprint density at radius 2 is 1.42 bits per heavy atom. The normalized spacial score (nSPS) is 18.7. The van der Waals surface area contributed by atoms with Crippen LogP contribution in [0.1, 0.15) is 81.8 Å². The molecule has 0 radical (unpaired) electrons. The highest BCUT2D eigenvalue weighted by molar-refractivity contribution is 7.99. The van der Waals surface area contributed by atoms with E-state index < -0.39 is 41.3 Å². The Morgan fingerprint density at radius 1 is 0.844 bits per heavy atom. The summed E-state index contributed by atoms with van der Waals surface area (Å²) in [5.41, 5.74) is -0.772. The molecule has 3 rings (SSSR count). The number of alkyl halides is 5. The monoisotopic (exact) mass is 662 g/mol. The van der Waals surface area contributed by atoms with Crippen LogP contribution in [-0.2, 0) is 15.0 Å². The molecule has 1 heterocycles. The van der Waals surface area contributed by atoms with Gasteiger partial charge in [-0.05, 0) is 72.9 Å². The third kappa shape index (κ3) is 8.74. The molecule has 2 unspecified atom stereocenters. The number of benzene rings is 2. The molecule has 1 aliphatic rings. The van der Waals surface area contributed by atoms with E-state index in [0.29, 0.717) is 37.2 Å². The summed E-state index contributed by atoms with van der Waals surface area (Å²) in [5.74, 6) is -6.60. The summed E-state index contributed by atoms with van der Waals surface area (Å²) in [4.78, 5) is 24.5. The van der Waals surface area contributed by atoms with Crippen LogP contribution in [-0.4, -0.2) is 62.6 Å². The van der Waals surface area contributed by atoms with Crippen LogP contribution in [0.15, 0.2) is 42.5 Å². The Morgan fingerprint density at radius 3 is 2.02 bits per heavy atom. The molecule has 0 saturated carbocycles. The van der Waals surface area contributed by atoms with Crippen molar-refractivity contribution in [1.82, 2.24) is 0 Å². The Kier molecular flexibility index (Phi) is 12.0. The molecule has 1 aliphatic heterocycles. The van der Waals surface area contributed by atoms with Crippen molar-refractivity contribution in [2.75, 3.05) is 18.1 Å². The van der Waals surface area contributed by atoms with Crippen molar-refractivity contribution in [2.45, 2.75) is 88.1 Å². The van der Waals surface area contributed by atoms with Crippen molar-refractivity contribution in [2.24, 2.45) is 5.41 Å². The van der Waals surface area contributed by atoms with Gasteiger partial charge in [0, 0.05) is 23.8 Å². The summed E-state index contributed by atoms with van der Waals surface area (Å²) in [6, 6.07) is 11.7. The SMILES string of the molecule is CC1(c2ccc(O)cc2)COc2cc(O)ccc2C1CCCCC(CCCCSCCCC(F)(F)C(F)(F)F)(C(=O)O)C(=O)O. The van der Waals surface area contributed by atoms with Crippen LogP contribution in [0.4, 0.5) is 22.0 Å². The number of carbonyl (C=O) groups is 2. The van der Waals surface area contributed by atoms with Gasteiger partial charge in [-0.25, -0.2) is 0 Å². The number of carboxylic acid groups (broad SMARTS) is 2. The lowest BCUT2D eigenvalue weighted by atomic mass is 9.66. The first-order valence-electron chi connectivity index (χ1n) is 14.8. The average Bonchev–Trinajstić information content (AvgIpc) is 2.95. The van der Waals surface area contributed by atoms with Gasteiger partial charge >= 0.3 is 24.0 Å². The lowest BCUT2D eigenvalue weighted by molar-refractivity contribution is -0.284. The molecule has 0 bridgehead atoms. The van der Waals surface area contributed by atoms with E-state index in [1.807, 2.05) is 19.1 Å². The molecule has 0 saturated heterocycles. The summed E-state index contributed by atoms with van der Waals surface area (Å²) in [7, 11) is 0. The van der Waals surface area contributed by atoms with E-state index in [9.17, 15) is 52.0 Å². The minimum atomic E-state index is -5.58. The number of thioether (sulfide) groups is 1. The summed E-state index contributed by atoms with van der Waals surface area (Å²) >= 11 is 1.17. The highest BCUT2D eigenvalue weighted by Crippen LogP contribution is 2.50. The first kappa shape index (κ1) is 36.3. The molecular weight excluding hydrogens is 623 g/mol. The van der Waals surface area contributed by atoms with E-state index in [1.165, 1.54) is 17.8 Å².